The molecule has 1 fully saturated rings. The van der Waals surface area contributed by atoms with Gasteiger partial charge in [-0.2, -0.15) is 0 Å². The lowest BCUT2D eigenvalue weighted by Crippen LogP contribution is -2.41. The van der Waals surface area contributed by atoms with Crippen molar-refractivity contribution < 1.29 is 0 Å². The second-order valence-electron chi connectivity index (χ2n) is 5.14. The van der Waals surface area contributed by atoms with Crippen LogP contribution in [0.15, 0.2) is 29.2 Å². The molecule has 0 spiro atoms. The van der Waals surface area contributed by atoms with E-state index in [2.05, 4.69) is 42.5 Å². The molecule has 0 bridgehead atoms. The maximum Gasteiger partial charge on any atom is 0.0230 e. The molecule has 1 aromatic carbocycles. The van der Waals surface area contributed by atoms with Gasteiger partial charge in [-0.1, -0.05) is 12.1 Å². The Hall–Kier alpha value is -0.510. The first-order valence-corrected chi connectivity index (χ1v) is 7.47. The van der Waals surface area contributed by atoms with Crippen LogP contribution in [0.2, 0.25) is 0 Å². The minimum Gasteiger partial charge on any atom is -0.328 e. The Morgan fingerprint density at radius 1 is 1.29 bits per heavy atom. The first-order chi connectivity index (χ1) is 8.17. The number of hydrogen-bond acceptors (Lipinski definition) is 3. The topological polar surface area (TPSA) is 29.3 Å². The van der Waals surface area contributed by atoms with Crippen LogP contribution < -0.4 is 5.73 Å². The minimum atomic E-state index is 0.467. The molecule has 0 aromatic heterocycles. The zero-order valence-electron chi connectivity index (χ0n) is 10.7. The molecule has 0 atom stereocenters. The Balaban J connectivity index is 1.78. The van der Waals surface area contributed by atoms with Gasteiger partial charge in [-0.15, -0.1) is 11.8 Å². The van der Waals surface area contributed by atoms with Gasteiger partial charge in [-0.25, -0.2) is 0 Å². The quantitative estimate of drug-likeness (QED) is 0.815. The van der Waals surface area contributed by atoms with Gasteiger partial charge < -0.3 is 10.6 Å². The monoisotopic (exact) mass is 250 g/mol. The minimum absolute atomic E-state index is 0.467. The zero-order chi connectivity index (χ0) is 12.3. The van der Waals surface area contributed by atoms with Crippen molar-refractivity contribution in [2.24, 2.45) is 11.7 Å². The van der Waals surface area contributed by atoms with E-state index in [-0.39, 0.29) is 0 Å². The van der Waals surface area contributed by atoms with E-state index in [0.29, 0.717) is 6.04 Å². The molecule has 1 aromatic rings. The maximum absolute atomic E-state index is 5.81. The van der Waals surface area contributed by atoms with Crippen molar-refractivity contribution in [2.75, 3.05) is 19.8 Å². The zero-order valence-corrected chi connectivity index (χ0v) is 11.5. The Morgan fingerprint density at radius 2 is 1.94 bits per heavy atom. The van der Waals surface area contributed by atoms with Crippen molar-refractivity contribution in [3.05, 3.63) is 29.8 Å². The highest BCUT2D eigenvalue weighted by molar-refractivity contribution is 7.98. The van der Waals surface area contributed by atoms with Gasteiger partial charge in [0.1, 0.15) is 0 Å². The number of thioether (sulfide) groups is 1. The molecule has 0 saturated heterocycles. The molecule has 0 radical (unpaired) electrons. The third-order valence-corrected chi connectivity index (χ3v) is 4.20. The summed E-state index contributed by atoms with van der Waals surface area (Å²) in [4.78, 5) is 3.74. The molecular formula is C14H22N2S. The Morgan fingerprint density at radius 3 is 2.47 bits per heavy atom. The van der Waals surface area contributed by atoms with Crippen LogP contribution in [-0.2, 0) is 6.54 Å². The number of hydrogen-bond donors (Lipinski definition) is 1. The fourth-order valence-electron chi connectivity index (χ4n) is 2.48. The Bertz CT molecular complexity index is 344. The summed E-state index contributed by atoms with van der Waals surface area (Å²) in [5.41, 5.74) is 7.21. The summed E-state index contributed by atoms with van der Waals surface area (Å²) in [6.07, 6.45) is 4.52. The van der Waals surface area contributed by atoms with E-state index >= 15 is 0 Å². The first kappa shape index (κ1) is 12.9. The molecule has 2 nitrogen and oxygen atoms in total. The molecule has 0 unspecified atom stereocenters. The van der Waals surface area contributed by atoms with E-state index in [1.54, 1.807) is 11.8 Å². The second kappa shape index (κ2) is 5.89. The number of rotatable bonds is 5. The molecule has 1 aliphatic rings. The molecule has 2 N–H and O–H groups in total. The predicted molar refractivity (Wildman–Crippen MR) is 75.3 cm³/mol. The standard InChI is InChI=1S/C14H22N2S/c1-16(10-12-7-13(15)8-12)9-11-3-5-14(17-2)6-4-11/h3-6,12-13H,7-10,15H2,1-2H3. The van der Waals surface area contributed by atoms with Gasteiger partial charge in [0.05, 0.1) is 0 Å². The van der Waals surface area contributed by atoms with Gasteiger partial charge in [0, 0.05) is 24.0 Å². The predicted octanol–water partition coefficient (Wildman–Crippen LogP) is 2.58. The largest absolute Gasteiger partial charge is 0.328 e. The highest BCUT2D eigenvalue weighted by Gasteiger charge is 2.26. The Kier molecular flexibility index (Phi) is 4.48. The molecule has 0 heterocycles. The smallest absolute Gasteiger partial charge is 0.0230 e. The van der Waals surface area contributed by atoms with E-state index in [1.165, 1.54) is 29.8 Å². The summed E-state index contributed by atoms with van der Waals surface area (Å²) < 4.78 is 0. The fraction of sp³-hybridized carbons (Fsp3) is 0.571. The van der Waals surface area contributed by atoms with Crippen LogP contribution in [-0.4, -0.2) is 30.8 Å². The lowest BCUT2D eigenvalue weighted by atomic mass is 9.80. The van der Waals surface area contributed by atoms with Crippen molar-refractivity contribution in [2.45, 2.75) is 30.3 Å². The van der Waals surface area contributed by atoms with E-state index in [9.17, 15) is 0 Å². The number of benzene rings is 1. The number of nitrogens with two attached hydrogens (primary N) is 1. The molecule has 1 saturated carbocycles. The van der Waals surface area contributed by atoms with Crippen LogP contribution in [0.4, 0.5) is 0 Å². The third-order valence-electron chi connectivity index (χ3n) is 3.45. The van der Waals surface area contributed by atoms with Crippen LogP contribution in [0.5, 0.6) is 0 Å². The van der Waals surface area contributed by atoms with Crippen molar-refractivity contribution >= 4 is 11.8 Å². The maximum atomic E-state index is 5.81. The van der Waals surface area contributed by atoms with Crippen molar-refractivity contribution in [1.82, 2.24) is 4.90 Å². The van der Waals surface area contributed by atoms with E-state index in [4.69, 9.17) is 5.73 Å². The van der Waals surface area contributed by atoms with Gasteiger partial charge in [0.2, 0.25) is 0 Å². The van der Waals surface area contributed by atoms with E-state index in [0.717, 1.165) is 12.5 Å². The van der Waals surface area contributed by atoms with Crippen LogP contribution >= 0.6 is 11.8 Å². The lowest BCUT2D eigenvalue weighted by molar-refractivity contribution is 0.178. The average Bonchev–Trinajstić information content (AvgIpc) is 2.28. The summed E-state index contributed by atoms with van der Waals surface area (Å²) in [6, 6.07) is 9.33. The molecule has 0 amide bonds. The van der Waals surface area contributed by atoms with Crippen molar-refractivity contribution in [3.63, 3.8) is 0 Å². The fourth-order valence-corrected chi connectivity index (χ4v) is 2.89. The Labute approximate surface area is 109 Å². The van der Waals surface area contributed by atoms with Gasteiger partial charge >= 0.3 is 0 Å². The molecule has 94 valence electrons. The molecule has 2 rings (SSSR count). The van der Waals surface area contributed by atoms with Crippen LogP contribution in [0.25, 0.3) is 0 Å². The van der Waals surface area contributed by atoms with Gasteiger partial charge in [0.15, 0.2) is 0 Å². The highest BCUT2D eigenvalue weighted by Crippen LogP contribution is 2.26. The summed E-state index contributed by atoms with van der Waals surface area (Å²) in [5, 5.41) is 0. The first-order valence-electron chi connectivity index (χ1n) is 6.24. The average molecular weight is 250 g/mol. The molecule has 1 aliphatic carbocycles. The van der Waals surface area contributed by atoms with Crippen molar-refractivity contribution in [1.29, 1.82) is 0 Å². The van der Waals surface area contributed by atoms with E-state index < -0.39 is 0 Å². The van der Waals surface area contributed by atoms with E-state index in [1.807, 2.05) is 0 Å². The molecule has 3 heteroatoms. The van der Waals surface area contributed by atoms with Gasteiger partial charge in [-0.05, 0) is 49.8 Å². The second-order valence-corrected chi connectivity index (χ2v) is 6.02. The summed E-state index contributed by atoms with van der Waals surface area (Å²) in [6.45, 7) is 2.22. The normalized spacial score (nSPS) is 23.8. The van der Waals surface area contributed by atoms with Gasteiger partial charge in [0.25, 0.3) is 0 Å². The highest BCUT2D eigenvalue weighted by atomic mass is 32.2. The summed E-state index contributed by atoms with van der Waals surface area (Å²) in [5.74, 6) is 0.820. The lowest BCUT2D eigenvalue weighted by Gasteiger charge is -2.35. The molecular weight excluding hydrogens is 228 g/mol. The molecule has 0 aliphatic heterocycles. The molecule has 17 heavy (non-hydrogen) atoms. The van der Waals surface area contributed by atoms with Crippen LogP contribution in [0, 0.1) is 5.92 Å². The summed E-state index contributed by atoms with van der Waals surface area (Å²) >= 11 is 1.79. The van der Waals surface area contributed by atoms with Crippen LogP contribution in [0.3, 0.4) is 0 Å². The SMILES string of the molecule is CSc1ccc(CN(C)CC2CC(N)C2)cc1. The third kappa shape index (κ3) is 3.73. The van der Waals surface area contributed by atoms with Crippen LogP contribution in [0.1, 0.15) is 18.4 Å². The summed E-state index contributed by atoms with van der Waals surface area (Å²) in [7, 11) is 2.20. The van der Waals surface area contributed by atoms with Crippen molar-refractivity contribution in [3.8, 4) is 0 Å². The number of nitrogens with zero attached hydrogens (tertiary/aromatic N) is 1. The van der Waals surface area contributed by atoms with Gasteiger partial charge in [-0.3, -0.25) is 0 Å².